The summed E-state index contributed by atoms with van der Waals surface area (Å²) < 4.78 is 5.02. The monoisotopic (exact) mass is 298 g/mol. The standard InChI is InChI=1S/C13H22N4O2S/c1-3-14-12-15-9-11(20-12)10-16-5-7-17(8-6-16)13(18)19-4-2/h9H,3-8,10H2,1-2H3,(H,14,15). The van der Waals surface area contributed by atoms with Crippen LogP contribution in [0.4, 0.5) is 9.93 Å². The maximum Gasteiger partial charge on any atom is 0.409 e. The first-order valence-corrected chi connectivity index (χ1v) is 7.87. The molecule has 1 fully saturated rings. The number of rotatable bonds is 5. The lowest BCUT2D eigenvalue weighted by Gasteiger charge is -2.33. The second-order valence-electron chi connectivity index (χ2n) is 4.62. The lowest BCUT2D eigenvalue weighted by atomic mass is 10.3. The molecule has 1 saturated heterocycles. The molecule has 1 aromatic rings. The van der Waals surface area contributed by atoms with Gasteiger partial charge in [-0.05, 0) is 13.8 Å². The molecule has 0 unspecified atom stereocenters. The summed E-state index contributed by atoms with van der Waals surface area (Å²) in [7, 11) is 0. The Labute approximate surface area is 123 Å². The summed E-state index contributed by atoms with van der Waals surface area (Å²) in [5, 5.41) is 4.20. The number of thiazole rings is 1. The molecule has 0 bridgehead atoms. The van der Waals surface area contributed by atoms with Gasteiger partial charge in [0.15, 0.2) is 5.13 Å². The van der Waals surface area contributed by atoms with E-state index in [9.17, 15) is 4.79 Å². The van der Waals surface area contributed by atoms with Crippen LogP contribution >= 0.6 is 11.3 Å². The van der Waals surface area contributed by atoms with E-state index in [2.05, 4.69) is 22.1 Å². The van der Waals surface area contributed by atoms with Crippen LogP contribution in [-0.2, 0) is 11.3 Å². The normalized spacial score (nSPS) is 16.2. The molecule has 1 amide bonds. The fourth-order valence-corrected chi connectivity index (χ4v) is 3.06. The number of nitrogens with zero attached hydrogens (tertiary/aromatic N) is 3. The number of ether oxygens (including phenoxy) is 1. The molecule has 2 heterocycles. The Bertz CT molecular complexity index is 430. The highest BCUT2D eigenvalue weighted by Gasteiger charge is 2.22. The van der Waals surface area contributed by atoms with Gasteiger partial charge in [-0.2, -0.15) is 0 Å². The summed E-state index contributed by atoms with van der Waals surface area (Å²) in [5.74, 6) is 0. The van der Waals surface area contributed by atoms with Crippen molar-refractivity contribution in [2.75, 3.05) is 44.6 Å². The van der Waals surface area contributed by atoms with Gasteiger partial charge in [0.1, 0.15) is 0 Å². The fourth-order valence-electron chi connectivity index (χ4n) is 2.14. The number of aromatic nitrogens is 1. The highest BCUT2D eigenvalue weighted by atomic mass is 32.1. The van der Waals surface area contributed by atoms with Crippen LogP contribution in [0.1, 0.15) is 18.7 Å². The highest BCUT2D eigenvalue weighted by molar-refractivity contribution is 7.15. The number of carbonyl (C=O) groups excluding carboxylic acids is 1. The number of carbonyl (C=O) groups is 1. The average molecular weight is 298 g/mol. The molecule has 0 aromatic carbocycles. The van der Waals surface area contributed by atoms with Gasteiger partial charge in [0, 0.05) is 50.3 Å². The van der Waals surface area contributed by atoms with Gasteiger partial charge < -0.3 is 15.0 Å². The van der Waals surface area contributed by atoms with Crippen molar-refractivity contribution in [3.63, 3.8) is 0 Å². The summed E-state index contributed by atoms with van der Waals surface area (Å²) in [5.41, 5.74) is 0. The minimum atomic E-state index is -0.195. The molecular weight excluding hydrogens is 276 g/mol. The summed E-state index contributed by atoms with van der Waals surface area (Å²) >= 11 is 1.70. The van der Waals surface area contributed by atoms with Crippen molar-refractivity contribution in [1.29, 1.82) is 0 Å². The molecule has 6 nitrogen and oxygen atoms in total. The predicted octanol–water partition coefficient (Wildman–Crippen LogP) is 1.85. The van der Waals surface area contributed by atoms with Gasteiger partial charge in [0.2, 0.25) is 0 Å². The second-order valence-corrected chi connectivity index (χ2v) is 5.74. The van der Waals surface area contributed by atoms with Crippen LogP contribution in [0.3, 0.4) is 0 Å². The summed E-state index contributed by atoms with van der Waals surface area (Å²) in [6.45, 7) is 9.36. The van der Waals surface area contributed by atoms with Crippen LogP contribution in [-0.4, -0.2) is 60.2 Å². The van der Waals surface area contributed by atoms with Crippen LogP contribution < -0.4 is 5.32 Å². The molecule has 7 heteroatoms. The van der Waals surface area contributed by atoms with Gasteiger partial charge in [-0.25, -0.2) is 9.78 Å². The van der Waals surface area contributed by atoms with Crippen molar-refractivity contribution in [3.8, 4) is 0 Å². The maximum absolute atomic E-state index is 11.6. The number of piperazine rings is 1. The smallest absolute Gasteiger partial charge is 0.409 e. The SMILES string of the molecule is CCNc1ncc(CN2CCN(C(=O)OCC)CC2)s1. The minimum Gasteiger partial charge on any atom is -0.450 e. The third-order valence-electron chi connectivity index (χ3n) is 3.16. The van der Waals surface area contributed by atoms with Gasteiger partial charge in [-0.3, -0.25) is 4.90 Å². The summed E-state index contributed by atoms with van der Waals surface area (Å²) in [6, 6.07) is 0. The van der Waals surface area contributed by atoms with E-state index in [1.807, 2.05) is 13.1 Å². The molecule has 1 aliphatic rings. The van der Waals surface area contributed by atoms with Gasteiger partial charge in [-0.15, -0.1) is 11.3 Å². The minimum absolute atomic E-state index is 0.195. The number of hydrogen-bond acceptors (Lipinski definition) is 6. The molecule has 0 aliphatic carbocycles. The molecule has 1 aliphatic heterocycles. The molecule has 112 valence electrons. The zero-order valence-corrected chi connectivity index (χ0v) is 12.9. The van der Waals surface area contributed by atoms with Crippen LogP contribution in [0.15, 0.2) is 6.20 Å². The Hall–Kier alpha value is -1.34. The number of nitrogens with one attached hydrogen (secondary N) is 1. The van der Waals surface area contributed by atoms with E-state index in [1.165, 1.54) is 4.88 Å². The number of amides is 1. The first-order valence-electron chi connectivity index (χ1n) is 7.05. The molecular formula is C13H22N4O2S. The first kappa shape index (κ1) is 15.1. The van der Waals surface area contributed by atoms with Crippen LogP contribution in [0, 0.1) is 0 Å². The Kier molecular flexibility index (Phi) is 5.60. The van der Waals surface area contributed by atoms with E-state index in [4.69, 9.17) is 4.74 Å². The van der Waals surface area contributed by atoms with Crippen LogP contribution in [0.2, 0.25) is 0 Å². The number of anilines is 1. The van der Waals surface area contributed by atoms with Gasteiger partial charge in [-0.1, -0.05) is 0 Å². The lowest BCUT2D eigenvalue weighted by Crippen LogP contribution is -2.48. The van der Waals surface area contributed by atoms with Crippen molar-refractivity contribution in [2.45, 2.75) is 20.4 Å². The zero-order chi connectivity index (χ0) is 14.4. The first-order chi connectivity index (χ1) is 9.72. The second kappa shape index (κ2) is 7.44. The van der Waals surface area contributed by atoms with E-state index < -0.39 is 0 Å². The molecule has 0 atom stereocenters. The van der Waals surface area contributed by atoms with Crippen molar-refractivity contribution in [3.05, 3.63) is 11.1 Å². The Morgan fingerprint density at radius 3 is 2.80 bits per heavy atom. The molecule has 20 heavy (non-hydrogen) atoms. The van der Waals surface area contributed by atoms with Crippen molar-refractivity contribution >= 4 is 22.6 Å². The Balaban J connectivity index is 1.77. The maximum atomic E-state index is 11.6. The molecule has 1 aromatic heterocycles. The third-order valence-corrected chi connectivity index (χ3v) is 4.10. The van der Waals surface area contributed by atoms with Crippen LogP contribution in [0.25, 0.3) is 0 Å². The fraction of sp³-hybridized carbons (Fsp3) is 0.692. The van der Waals surface area contributed by atoms with Crippen molar-refractivity contribution in [1.82, 2.24) is 14.8 Å². The van der Waals surface area contributed by atoms with E-state index in [1.54, 1.807) is 16.2 Å². The van der Waals surface area contributed by atoms with E-state index in [0.29, 0.717) is 6.61 Å². The third kappa shape index (κ3) is 4.08. The van der Waals surface area contributed by atoms with E-state index in [0.717, 1.165) is 44.4 Å². The van der Waals surface area contributed by atoms with E-state index in [-0.39, 0.29) is 6.09 Å². The van der Waals surface area contributed by atoms with Crippen molar-refractivity contribution < 1.29 is 9.53 Å². The van der Waals surface area contributed by atoms with Gasteiger partial charge in [0.05, 0.1) is 6.61 Å². The quantitative estimate of drug-likeness (QED) is 0.899. The largest absolute Gasteiger partial charge is 0.450 e. The van der Waals surface area contributed by atoms with Crippen molar-refractivity contribution in [2.24, 2.45) is 0 Å². The van der Waals surface area contributed by atoms with Crippen LogP contribution in [0.5, 0.6) is 0 Å². The summed E-state index contributed by atoms with van der Waals surface area (Å²) in [4.78, 5) is 21.3. The lowest BCUT2D eigenvalue weighted by molar-refractivity contribution is 0.0781. The molecule has 1 N–H and O–H groups in total. The summed E-state index contributed by atoms with van der Waals surface area (Å²) in [6.07, 6.45) is 1.74. The van der Waals surface area contributed by atoms with Gasteiger partial charge >= 0.3 is 6.09 Å². The Morgan fingerprint density at radius 1 is 1.40 bits per heavy atom. The Morgan fingerprint density at radius 2 is 2.15 bits per heavy atom. The topological polar surface area (TPSA) is 57.7 Å². The number of hydrogen-bond donors (Lipinski definition) is 1. The van der Waals surface area contributed by atoms with E-state index >= 15 is 0 Å². The van der Waals surface area contributed by atoms with Gasteiger partial charge in [0.25, 0.3) is 0 Å². The zero-order valence-electron chi connectivity index (χ0n) is 12.1. The molecule has 0 radical (unpaired) electrons. The predicted molar refractivity (Wildman–Crippen MR) is 80.1 cm³/mol. The molecule has 0 spiro atoms. The average Bonchev–Trinajstić information content (AvgIpc) is 2.88. The highest BCUT2D eigenvalue weighted by Crippen LogP contribution is 2.20. The molecule has 0 saturated carbocycles. The molecule has 2 rings (SSSR count).